The SMILES string of the molecule is CNSc1ccc(NC2CCCCC2)c(/C(N)=N/N(N)C2CN(C(C)=O)C2)c1. The van der Waals surface area contributed by atoms with Crippen molar-refractivity contribution in [2.24, 2.45) is 16.7 Å². The van der Waals surface area contributed by atoms with E-state index in [9.17, 15) is 4.79 Å². The number of carbonyl (C=O) groups is 1. The van der Waals surface area contributed by atoms with Crippen LogP contribution in [-0.4, -0.2) is 54.0 Å². The van der Waals surface area contributed by atoms with Gasteiger partial charge in [-0.25, -0.2) is 11.0 Å². The fourth-order valence-corrected chi connectivity index (χ4v) is 4.20. The minimum Gasteiger partial charge on any atom is -0.382 e. The first-order valence-electron chi connectivity index (χ1n) is 9.86. The Labute approximate surface area is 171 Å². The molecule has 3 rings (SSSR count). The normalized spacial score (nSPS) is 18.7. The molecular formula is C19H31N7OS. The van der Waals surface area contributed by atoms with Gasteiger partial charge in [0.25, 0.3) is 0 Å². The molecule has 0 atom stereocenters. The number of rotatable bonds is 7. The molecule has 2 aliphatic rings. The van der Waals surface area contributed by atoms with Crippen LogP contribution in [0.3, 0.4) is 0 Å². The minimum absolute atomic E-state index is 0.00734. The van der Waals surface area contributed by atoms with Gasteiger partial charge in [-0.2, -0.15) is 0 Å². The van der Waals surface area contributed by atoms with Crippen molar-refractivity contribution in [3.63, 3.8) is 0 Å². The third-order valence-electron chi connectivity index (χ3n) is 5.36. The highest BCUT2D eigenvalue weighted by molar-refractivity contribution is 7.97. The quantitative estimate of drug-likeness (QED) is 0.179. The first-order valence-corrected chi connectivity index (χ1v) is 10.7. The van der Waals surface area contributed by atoms with E-state index in [0.717, 1.165) is 16.1 Å². The van der Waals surface area contributed by atoms with Crippen LogP contribution in [0.2, 0.25) is 0 Å². The molecule has 1 aromatic carbocycles. The zero-order chi connectivity index (χ0) is 20.1. The summed E-state index contributed by atoms with van der Waals surface area (Å²) in [5.74, 6) is 6.53. The average molecular weight is 406 g/mol. The van der Waals surface area contributed by atoms with Gasteiger partial charge in [0.1, 0.15) is 0 Å². The molecule has 6 N–H and O–H groups in total. The third-order valence-corrected chi connectivity index (χ3v) is 6.05. The van der Waals surface area contributed by atoms with Crippen molar-refractivity contribution in [2.45, 2.75) is 56.0 Å². The van der Waals surface area contributed by atoms with E-state index in [2.05, 4.69) is 27.3 Å². The van der Waals surface area contributed by atoms with Crippen molar-refractivity contribution >= 4 is 29.4 Å². The second-order valence-corrected chi connectivity index (χ2v) is 8.52. The number of likely N-dealkylation sites (tertiary alicyclic amines) is 1. The van der Waals surface area contributed by atoms with Gasteiger partial charge in [-0.3, -0.25) is 9.52 Å². The molecule has 0 radical (unpaired) electrons. The van der Waals surface area contributed by atoms with E-state index in [1.54, 1.807) is 11.8 Å². The number of anilines is 1. The first-order chi connectivity index (χ1) is 13.5. The molecule has 2 fully saturated rings. The average Bonchev–Trinajstić information content (AvgIpc) is 2.62. The van der Waals surface area contributed by atoms with Gasteiger partial charge in [0, 0.05) is 42.2 Å². The van der Waals surface area contributed by atoms with Crippen LogP contribution in [0.15, 0.2) is 28.2 Å². The molecule has 1 aliphatic carbocycles. The Morgan fingerprint density at radius 3 is 2.64 bits per heavy atom. The van der Waals surface area contributed by atoms with Crippen molar-refractivity contribution in [3.05, 3.63) is 23.8 Å². The number of hydrazone groups is 1. The second kappa shape index (κ2) is 9.49. The predicted octanol–water partition coefficient (Wildman–Crippen LogP) is 1.68. The van der Waals surface area contributed by atoms with Crippen LogP contribution in [0.5, 0.6) is 0 Å². The zero-order valence-corrected chi connectivity index (χ0v) is 17.5. The number of hydrazine groups is 1. The Morgan fingerprint density at radius 2 is 2.00 bits per heavy atom. The van der Waals surface area contributed by atoms with Crippen LogP contribution in [0.25, 0.3) is 0 Å². The van der Waals surface area contributed by atoms with Crippen LogP contribution in [-0.2, 0) is 4.79 Å². The Balaban J connectivity index is 1.76. The molecule has 0 bridgehead atoms. The van der Waals surface area contributed by atoms with Crippen molar-refractivity contribution < 1.29 is 4.79 Å². The molecule has 8 nitrogen and oxygen atoms in total. The third kappa shape index (κ3) is 5.09. The maximum atomic E-state index is 11.4. The highest BCUT2D eigenvalue weighted by Gasteiger charge is 2.32. The summed E-state index contributed by atoms with van der Waals surface area (Å²) in [6, 6.07) is 6.62. The molecule has 1 heterocycles. The summed E-state index contributed by atoms with van der Waals surface area (Å²) in [6.45, 7) is 2.71. The lowest BCUT2D eigenvalue weighted by atomic mass is 9.95. The number of nitrogens with two attached hydrogens (primary N) is 2. The number of nitrogens with one attached hydrogen (secondary N) is 2. The standard InChI is InChI=1S/C19H31N7OS/c1-13(27)25-11-15(12-25)26(21)24-19(20)17-10-16(28-22-2)8-9-18(17)23-14-6-4-3-5-7-14/h8-10,14-15,22-23H,3-7,11-12,21H2,1-2H3,(H2,20,24). The van der Waals surface area contributed by atoms with Gasteiger partial charge >= 0.3 is 0 Å². The second-order valence-electron chi connectivity index (χ2n) is 7.44. The van der Waals surface area contributed by atoms with E-state index in [-0.39, 0.29) is 11.9 Å². The summed E-state index contributed by atoms with van der Waals surface area (Å²) in [4.78, 5) is 14.1. The summed E-state index contributed by atoms with van der Waals surface area (Å²) in [7, 11) is 1.88. The van der Waals surface area contributed by atoms with Crippen LogP contribution < -0.4 is 21.6 Å². The molecule has 9 heteroatoms. The fourth-order valence-electron chi connectivity index (χ4n) is 3.65. The molecule has 28 heavy (non-hydrogen) atoms. The van der Waals surface area contributed by atoms with E-state index < -0.39 is 0 Å². The van der Waals surface area contributed by atoms with Gasteiger partial charge in [0.15, 0.2) is 5.84 Å². The topological polar surface area (TPSA) is 112 Å². The molecule has 0 aromatic heterocycles. The maximum absolute atomic E-state index is 11.4. The van der Waals surface area contributed by atoms with Gasteiger partial charge in [-0.05, 0) is 50.0 Å². The van der Waals surface area contributed by atoms with Crippen LogP contribution in [0.4, 0.5) is 5.69 Å². The van der Waals surface area contributed by atoms with Gasteiger partial charge in [-0.1, -0.05) is 19.3 Å². The minimum atomic E-state index is -0.00734. The summed E-state index contributed by atoms with van der Waals surface area (Å²) in [5, 5.41) is 9.45. The number of amides is 1. The molecule has 154 valence electrons. The molecule has 1 aromatic rings. The maximum Gasteiger partial charge on any atom is 0.219 e. The van der Waals surface area contributed by atoms with Crippen LogP contribution in [0, 0.1) is 0 Å². The number of hydrogen-bond donors (Lipinski definition) is 4. The Hall–Kier alpha value is -1.97. The Morgan fingerprint density at radius 1 is 1.29 bits per heavy atom. The van der Waals surface area contributed by atoms with E-state index in [0.29, 0.717) is 25.0 Å². The molecule has 1 saturated heterocycles. The highest BCUT2D eigenvalue weighted by Crippen LogP contribution is 2.27. The molecule has 1 saturated carbocycles. The number of carbonyl (C=O) groups excluding carboxylic acids is 1. The van der Waals surface area contributed by atoms with Crippen molar-refractivity contribution in [1.29, 1.82) is 0 Å². The van der Waals surface area contributed by atoms with Gasteiger partial charge in [-0.15, -0.1) is 5.10 Å². The lowest BCUT2D eigenvalue weighted by molar-refractivity contribution is -0.136. The first kappa shape index (κ1) is 20.8. The molecular weight excluding hydrogens is 374 g/mol. The largest absolute Gasteiger partial charge is 0.382 e. The number of hydrogen-bond acceptors (Lipinski definition) is 7. The lowest BCUT2D eigenvalue weighted by Gasteiger charge is -2.41. The predicted molar refractivity (Wildman–Crippen MR) is 115 cm³/mol. The van der Waals surface area contributed by atoms with Gasteiger partial charge in [0.05, 0.1) is 6.04 Å². The molecule has 1 amide bonds. The van der Waals surface area contributed by atoms with E-state index in [4.69, 9.17) is 11.6 Å². The summed E-state index contributed by atoms with van der Waals surface area (Å²) < 4.78 is 3.09. The van der Waals surface area contributed by atoms with E-state index >= 15 is 0 Å². The summed E-state index contributed by atoms with van der Waals surface area (Å²) in [5.41, 5.74) is 8.19. The van der Waals surface area contributed by atoms with Crippen LogP contribution in [0.1, 0.15) is 44.6 Å². The lowest BCUT2D eigenvalue weighted by Crippen LogP contribution is -2.61. The monoisotopic (exact) mass is 405 g/mol. The number of nitrogens with zero attached hydrogens (tertiary/aromatic N) is 3. The Bertz CT molecular complexity index is 714. The molecule has 0 unspecified atom stereocenters. The number of benzene rings is 1. The van der Waals surface area contributed by atoms with Gasteiger partial charge < -0.3 is 16.0 Å². The van der Waals surface area contributed by atoms with Crippen molar-refractivity contribution in [1.82, 2.24) is 14.7 Å². The summed E-state index contributed by atoms with van der Waals surface area (Å²) >= 11 is 1.53. The van der Waals surface area contributed by atoms with Crippen molar-refractivity contribution in [2.75, 3.05) is 25.5 Å². The molecule has 0 spiro atoms. The fraction of sp³-hybridized carbons (Fsp3) is 0.579. The smallest absolute Gasteiger partial charge is 0.219 e. The van der Waals surface area contributed by atoms with E-state index in [1.807, 2.05) is 13.1 Å². The Kier molecular flexibility index (Phi) is 7.03. The molecule has 1 aliphatic heterocycles. The number of amidine groups is 1. The van der Waals surface area contributed by atoms with Gasteiger partial charge in [0.2, 0.25) is 5.91 Å². The summed E-state index contributed by atoms with van der Waals surface area (Å²) in [6.07, 6.45) is 6.18. The highest BCUT2D eigenvalue weighted by atomic mass is 32.2. The van der Waals surface area contributed by atoms with Crippen LogP contribution >= 0.6 is 11.9 Å². The van der Waals surface area contributed by atoms with Crippen molar-refractivity contribution in [3.8, 4) is 0 Å². The van der Waals surface area contributed by atoms with E-state index in [1.165, 1.54) is 49.2 Å². The zero-order valence-electron chi connectivity index (χ0n) is 16.6.